The second-order valence-electron chi connectivity index (χ2n) is 7.37. The van der Waals surface area contributed by atoms with Crippen molar-refractivity contribution >= 4 is 15.7 Å². The summed E-state index contributed by atoms with van der Waals surface area (Å²) in [7, 11) is -3.47. The van der Waals surface area contributed by atoms with Crippen molar-refractivity contribution in [1.82, 2.24) is 4.90 Å². The van der Waals surface area contributed by atoms with Crippen LogP contribution in [0.15, 0.2) is 53.4 Å². The molecule has 2 N–H and O–H groups in total. The fourth-order valence-electron chi connectivity index (χ4n) is 3.63. The van der Waals surface area contributed by atoms with E-state index < -0.39 is 40.5 Å². The molecule has 0 saturated carbocycles. The number of nitrogens with two attached hydrogens (primary N) is 1. The van der Waals surface area contributed by atoms with Gasteiger partial charge in [-0.25, -0.2) is 8.42 Å². The summed E-state index contributed by atoms with van der Waals surface area (Å²) in [6, 6.07) is 9.42. The molecule has 0 unspecified atom stereocenters. The topological polar surface area (TPSA) is 104 Å². The molecule has 0 bridgehead atoms. The number of carbonyl (C=O) groups is 1. The molecule has 2 atom stereocenters. The van der Waals surface area contributed by atoms with Crippen LogP contribution >= 0.6 is 0 Å². The lowest BCUT2D eigenvalue weighted by Crippen LogP contribution is -2.50. The lowest BCUT2D eigenvalue weighted by atomic mass is 9.92. The van der Waals surface area contributed by atoms with Gasteiger partial charge >= 0.3 is 6.18 Å². The molecule has 172 valence electrons. The Hall–Kier alpha value is -2.90. The number of benzene rings is 2. The highest BCUT2D eigenvalue weighted by Crippen LogP contribution is 2.43. The van der Waals surface area contributed by atoms with E-state index in [0.717, 1.165) is 11.2 Å². The van der Waals surface area contributed by atoms with Crippen LogP contribution in [0.5, 0.6) is 0 Å². The minimum atomic E-state index is -4.82. The SMILES string of the molecule is CCC[C@@H](C(N)=O)N(CC#N)[C@@H](c1ccccc1-c1ccc(S(C)(=O)=O)cc1)C(F)(F)F. The minimum absolute atomic E-state index is 0.0361. The van der Waals surface area contributed by atoms with Crippen molar-refractivity contribution in [3.63, 3.8) is 0 Å². The van der Waals surface area contributed by atoms with Gasteiger partial charge in [-0.3, -0.25) is 9.69 Å². The largest absolute Gasteiger partial charge is 0.408 e. The van der Waals surface area contributed by atoms with Crippen LogP contribution in [-0.4, -0.2) is 44.2 Å². The number of halogens is 3. The number of nitrogens with zero attached hydrogens (tertiary/aromatic N) is 2. The molecule has 0 heterocycles. The van der Waals surface area contributed by atoms with Gasteiger partial charge in [-0.05, 0) is 35.2 Å². The van der Waals surface area contributed by atoms with Crippen LogP contribution in [-0.2, 0) is 14.6 Å². The zero-order valence-corrected chi connectivity index (χ0v) is 18.4. The third kappa shape index (κ3) is 5.87. The van der Waals surface area contributed by atoms with Gasteiger partial charge in [0.1, 0.15) is 6.04 Å². The highest BCUT2D eigenvalue weighted by Gasteiger charge is 2.48. The van der Waals surface area contributed by atoms with Crippen molar-refractivity contribution in [2.45, 2.75) is 42.9 Å². The maximum atomic E-state index is 14.4. The first-order valence-corrected chi connectivity index (χ1v) is 11.7. The van der Waals surface area contributed by atoms with Crippen LogP contribution in [0.2, 0.25) is 0 Å². The summed E-state index contributed by atoms with van der Waals surface area (Å²) >= 11 is 0. The molecule has 1 amide bonds. The number of carbonyl (C=O) groups excluding carboxylic acids is 1. The molecule has 0 aromatic heterocycles. The van der Waals surface area contributed by atoms with Gasteiger partial charge in [-0.15, -0.1) is 0 Å². The van der Waals surface area contributed by atoms with E-state index in [9.17, 15) is 31.6 Å². The van der Waals surface area contributed by atoms with Crippen LogP contribution in [0.1, 0.15) is 31.4 Å². The van der Waals surface area contributed by atoms with Gasteiger partial charge in [0.25, 0.3) is 0 Å². The highest BCUT2D eigenvalue weighted by atomic mass is 32.2. The Morgan fingerprint density at radius 2 is 1.75 bits per heavy atom. The Bertz CT molecular complexity index is 1090. The smallest absolute Gasteiger partial charge is 0.368 e. The standard InChI is InChI=1S/C22H24F3N3O3S/c1-3-6-19(21(27)29)28(14-13-26)20(22(23,24)25)18-8-5-4-7-17(18)15-9-11-16(12-10-15)32(2,30)31/h4-5,7-12,19-20H,3,6,14H2,1-2H3,(H2,27,29)/t19-,20-/m0/s1. The maximum Gasteiger partial charge on any atom is 0.408 e. The third-order valence-electron chi connectivity index (χ3n) is 5.03. The van der Waals surface area contributed by atoms with Crippen molar-refractivity contribution in [3.8, 4) is 17.2 Å². The van der Waals surface area contributed by atoms with Crippen LogP contribution < -0.4 is 5.73 Å². The Kier molecular flexibility index (Phi) is 8.04. The summed E-state index contributed by atoms with van der Waals surface area (Å²) in [4.78, 5) is 12.8. The van der Waals surface area contributed by atoms with E-state index in [4.69, 9.17) is 5.73 Å². The molecule has 0 aliphatic rings. The second kappa shape index (κ2) is 10.1. The molecule has 0 radical (unpaired) electrons. The molecule has 0 saturated heterocycles. The quantitative estimate of drug-likeness (QED) is 0.565. The van der Waals surface area contributed by atoms with E-state index in [-0.39, 0.29) is 22.4 Å². The van der Waals surface area contributed by atoms with E-state index >= 15 is 0 Å². The van der Waals surface area contributed by atoms with Gasteiger partial charge < -0.3 is 5.73 Å². The van der Waals surface area contributed by atoms with E-state index in [1.165, 1.54) is 42.5 Å². The number of rotatable bonds is 9. The van der Waals surface area contributed by atoms with Crippen LogP contribution in [0.25, 0.3) is 11.1 Å². The fraction of sp³-hybridized carbons (Fsp3) is 0.364. The van der Waals surface area contributed by atoms with Crippen molar-refractivity contribution in [3.05, 3.63) is 54.1 Å². The first-order valence-electron chi connectivity index (χ1n) is 9.80. The highest BCUT2D eigenvalue weighted by molar-refractivity contribution is 7.90. The maximum absolute atomic E-state index is 14.4. The predicted molar refractivity (Wildman–Crippen MR) is 114 cm³/mol. The lowest BCUT2D eigenvalue weighted by Gasteiger charge is -2.37. The molecule has 32 heavy (non-hydrogen) atoms. The Morgan fingerprint density at radius 1 is 1.16 bits per heavy atom. The predicted octanol–water partition coefficient (Wildman–Crippen LogP) is 3.84. The molecule has 2 aromatic carbocycles. The third-order valence-corrected chi connectivity index (χ3v) is 6.16. The van der Waals surface area contributed by atoms with Crippen molar-refractivity contribution in [2.75, 3.05) is 12.8 Å². The number of amides is 1. The second-order valence-corrected chi connectivity index (χ2v) is 9.38. The van der Waals surface area contributed by atoms with Gasteiger partial charge in [-0.2, -0.15) is 18.4 Å². The van der Waals surface area contributed by atoms with Gasteiger partial charge in [0.15, 0.2) is 9.84 Å². The van der Waals surface area contributed by atoms with E-state index in [2.05, 4.69) is 0 Å². The van der Waals surface area contributed by atoms with E-state index in [1.54, 1.807) is 19.1 Å². The Balaban J connectivity index is 2.70. The lowest BCUT2D eigenvalue weighted by molar-refractivity contribution is -0.191. The average molecular weight is 468 g/mol. The Labute approximate surface area is 185 Å². The summed E-state index contributed by atoms with van der Waals surface area (Å²) in [5.41, 5.74) is 5.82. The molecule has 0 aliphatic carbocycles. The van der Waals surface area contributed by atoms with Crippen molar-refractivity contribution in [1.29, 1.82) is 5.26 Å². The molecule has 2 aromatic rings. The van der Waals surface area contributed by atoms with E-state index in [1.807, 2.05) is 0 Å². The molecule has 0 aliphatic heterocycles. The van der Waals surface area contributed by atoms with E-state index in [0.29, 0.717) is 12.0 Å². The number of sulfone groups is 1. The summed E-state index contributed by atoms with van der Waals surface area (Å²) in [5, 5.41) is 9.22. The first-order chi connectivity index (χ1) is 14.9. The molecular formula is C22H24F3N3O3S. The number of primary amides is 1. The fourth-order valence-corrected chi connectivity index (χ4v) is 4.26. The Morgan fingerprint density at radius 3 is 2.22 bits per heavy atom. The number of alkyl halides is 3. The molecular weight excluding hydrogens is 443 g/mol. The summed E-state index contributed by atoms with van der Waals surface area (Å²) < 4.78 is 66.6. The van der Waals surface area contributed by atoms with Gasteiger partial charge in [0, 0.05) is 6.26 Å². The molecule has 0 fully saturated rings. The molecule has 0 spiro atoms. The zero-order valence-electron chi connectivity index (χ0n) is 17.6. The summed E-state index contributed by atoms with van der Waals surface area (Å²) in [5.74, 6) is -0.939. The molecule has 2 rings (SSSR count). The number of nitriles is 1. The average Bonchev–Trinajstić information content (AvgIpc) is 2.70. The van der Waals surface area contributed by atoms with Gasteiger partial charge in [0.05, 0.1) is 23.6 Å². The van der Waals surface area contributed by atoms with Crippen LogP contribution in [0.3, 0.4) is 0 Å². The number of hydrogen-bond donors (Lipinski definition) is 1. The zero-order chi connectivity index (χ0) is 24.1. The minimum Gasteiger partial charge on any atom is -0.368 e. The van der Waals surface area contributed by atoms with Crippen LogP contribution in [0.4, 0.5) is 13.2 Å². The molecule has 10 heteroatoms. The summed E-state index contributed by atoms with van der Waals surface area (Å²) in [6.07, 6.45) is -3.32. The monoisotopic (exact) mass is 467 g/mol. The summed E-state index contributed by atoms with van der Waals surface area (Å²) in [6.45, 7) is 1.06. The van der Waals surface area contributed by atoms with Crippen molar-refractivity contribution < 1.29 is 26.4 Å². The molecule has 6 nitrogen and oxygen atoms in total. The van der Waals surface area contributed by atoms with Gasteiger partial charge in [0.2, 0.25) is 5.91 Å². The van der Waals surface area contributed by atoms with Crippen molar-refractivity contribution in [2.24, 2.45) is 5.73 Å². The van der Waals surface area contributed by atoms with Gasteiger partial charge in [-0.1, -0.05) is 49.7 Å². The normalized spacial score (nSPS) is 14.0. The first kappa shape index (κ1) is 25.4. The number of hydrogen-bond acceptors (Lipinski definition) is 5. The van der Waals surface area contributed by atoms with Crippen LogP contribution in [0, 0.1) is 11.3 Å².